The third kappa shape index (κ3) is 10.5. The summed E-state index contributed by atoms with van der Waals surface area (Å²) in [4.78, 5) is 11.5. The molecule has 0 aromatic rings. The van der Waals surface area contributed by atoms with Gasteiger partial charge in [0.1, 0.15) is 9.84 Å². The first kappa shape index (κ1) is 17.4. The number of rotatable bonds is 10. The molecule has 0 aliphatic heterocycles. The van der Waals surface area contributed by atoms with Crippen LogP contribution < -0.4 is 11.1 Å². The predicted octanol–water partition coefficient (Wildman–Crippen LogP) is 0.693. The van der Waals surface area contributed by atoms with Gasteiger partial charge < -0.3 is 11.1 Å². The van der Waals surface area contributed by atoms with Crippen LogP contribution in [0.25, 0.3) is 0 Å². The smallest absolute Gasteiger partial charge is 0.220 e. The maximum atomic E-state index is 11.5. The number of hydrogen-bond acceptors (Lipinski definition) is 4. The van der Waals surface area contributed by atoms with E-state index in [1.807, 2.05) is 0 Å². The zero-order chi connectivity index (χ0) is 14.0. The van der Waals surface area contributed by atoms with Crippen LogP contribution in [0.4, 0.5) is 0 Å². The molecule has 108 valence electrons. The van der Waals surface area contributed by atoms with E-state index >= 15 is 0 Å². The number of amides is 1. The van der Waals surface area contributed by atoms with Gasteiger partial charge in [-0.1, -0.05) is 19.8 Å². The molecule has 3 N–H and O–H groups in total. The van der Waals surface area contributed by atoms with Crippen LogP contribution in [-0.2, 0) is 14.6 Å². The van der Waals surface area contributed by atoms with Gasteiger partial charge in [0.15, 0.2) is 0 Å². The number of nitrogens with one attached hydrogen (secondary N) is 1. The summed E-state index contributed by atoms with van der Waals surface area (Å²) in [6.07, 6.45) is 5.58. The van der Waals surface area contributed by atoms with E-state index < -0.39 is 9.84 Å². The Bertz CT molecular complexity index is 322. The molecule has 0 saturated carbocycles. The SMILES string of the molecule is CCCC(CCN)CCC(=O)NCCS(C)(=O)=O. The van der Waals surface area contributed by atoms with E-state index in [4.69, 9.17) is 5.73 Å². The molecular formula is C12H26N2O3S. The fraction of sp³-hybridized carbons (Fsp3) is 0.917. The van der Waals surface area contributed by atoms with Crippen molar-refractivity contribution in [2.75, 3.05) is 25.1 Å². The minimum Gasteiger partial charge on any atom is -0.355 e. The van der Waals surface area contributed by atoms with Crippen LogP contribution in [0.3, 0.4) is 0 Å². The molecule has 0 saturated heterocycles. The van der Waals surface area contributed by atoms with Crippen molar-refractivity contribution in [3.05, 3.63) is 0 Å². The second kappa shape index (κ2) is 9.33. The Morgan fingerprint density at radius 2 is 1.94 bits per heavy atom. The lowest BCUT2D eigenvalue weighted by atomic mass is 9.94. The van der Waals surface area contributed by atoms with Crippen molar-refractivity contribution in [3.63, 3.8) is 0 Å². The van der Waals surface area contributed by atoms with Gasteiger partial charge in [0.2, 0.25) is 5.91 Å². The molecule has 0 spiro atoms. The van der Waals surface area contributed by atoms with E-state index in [9.17, 15) is 13.2 Å². The summed E-state index contributed by atoms with van der Waals surface area (Å²) in [6.45, 7) is 2.98. The van der Waals surface area contributed by atoms with E-state index in [1.54, 1.807) is 0 Å². The molecule has 0 aromatic carbocycles. The average Bonchev–Trinajstić information content (AvgIpc) is 2.25. The molecule has 0 radical (unpaired) electrons. The van der Waals surface area contributed by atoms with Gasteiger partial charge in [-0.3, -0.25) is 4.79 Å². The highest BCUT2D eigenvalue weighted by molar-refractivity contribution is 7.90. The van der Waals surface area contributed by atoms with Crippen LogP contribution >= 0.6 is 0 Å². The standard InChI is InChI=1S/C12H26N2O3S/c1-3-4-11(7-8-13)5-6-12(15)14-9-10-18(2,16)17/h11H,3-10,13H2,1-2H3,(H,14,15). The minimum absolute atomic E-state index is 0.0000709. The summed E-state index contributed by atoms with van der Waals surface area (Å²) in [6, 6.07) is 0. The van der Waals surface area contributed by atoms with Crippen LogP contribution in [0.5, 0.6) is 0 Å². The van der Waals surface area contributed by atoms with Crippen molar-refractivity contribution >= 4 is 15.7 Å². The highest BCUT2D eigenvalue weighted by Crippen LogP contribution is 2.16. The van der Waals surface area contributed by atoms with Crippen LogP contribution in [0.15, 0.2) is 0 Å². The van der Waals surface area contributed by atoms with Crippen LogP contribution in [0.2, 0.25) is 0 Å². The van der Waals surface area contributed by atoms with Crippen molar-refractivity contribution in [3.8, 4) is 0 Å². The van der Waals surface area contributed by atoms with E-state index in [-0.39, 0.29) is 18.2 Å². The van der Waals surface area contributed by atoms with Crippen molar-refractivity contribution in [1.82, 2.24) is 5.32 Å². The predicted molar refractivity (Wildman–Crippen MR) is 74.0 cm³/mol. The second-order valence-corrected chi connectivity index (χ2v) is 7.01. The van der Waals surface area contributed by atoms with Crippen LogP contribution in [0.1, 0.15) is 39.0 Å². The first-order chi connectivity index (χ1) is 8.39. The molecule has 0 rings (SSSR count). The van der Waals surface area contributed by atoms with Crippen molar-refractivity contribution in [1.29, 1.82) is 0 Å². The van der Waals surface area contributed by atoms with Gasteiger partial charge in [-0.15, -0.1) is 0 Å². The average molecular weight is 278 g/mol. The van der Waals surface area contributed by atoms with Crippen LogP contribution in [0, 0.1) is 5.92 Å². The Labute approximate surface area is 110 Å². The lowest BCUT2D eigenvalue weighted by Crippen LogP contribution is -2.29. The fourth-order valence-corrected chi connectivity index (χ4v) is 2.35. The zero-order valence-electron chi connectivity index (χ0n) is 11.4. The maximum absolute atomic E-state index is 11.5. The lowest BCUT2D eigenvalue weighted by molar-refractivity contribution is -0.121. The first-order valence-electron chi connectivity index (χ1n) is 6.53. The highest BCUT2D eigenvalue weighted by Gasteiger charge is 2.10. The molecule has 6 heteroatoms. The Morgan fingerprint density at radius 3 is 2.44 bits per heavy atom. The van der Waals surface area contributed by atoms with Crippen molar-refractivity contribution < 1.29 is 13.2 Å². The van der Waals surface area contributed by atoms with Gasteiger partial charge in [-0.2, -0.15) is 0 Å². The topological polar surface area (TPSA) is 89.3 Å². The van der Waals surface area contributed by atoms with Gasteiger partial charge in [-0.25, -0.2) is 8.42 Å². The maximum Gasteiger partial charge on any atom is 0.220 e. The Kier molecular flexibility index (Phi) is 9.01. The number of nitrogens with two attached hydrogens (primary N) is 1. The summed E-state index contributed by atoms with van der Waals surface area (Å²) in [5.74, 6) is 0.428. The van der Waals surface area contributed by atoms with Crippen molar-refractivity contribution in [2.24, 2.45) is 11.7 Å². The molecular weight excluding hydrogens is 252 g/mol. The summed E-state index contributed by atoms with van der Waals surface area (Å²) >= 11 is 0. The number of hydrogen-bond donors (Lipinski definition) is 2. The van der Waals surface area contributed by atoms with Gasteiger partial charge >= 0.3 is 0 Å². The Balaban J connectivity index is 3.80. The molecule has 1 unspecified atom stereocenters. The summed E-state index contributed by atoms with van der Waals surface area (Å²) < 4.78 is 21.8. The van der Waals surface area contributed by atoms with Crippen molar-refractivity contribution in [2.45, 2.75) is 39.0 Å². The van der Waals surface area contributed by atoms with Gasteiger partial charge in [-0.05, 0) is 25.3 Å². The third-order valence-electron chi connectivity index (χ3n) is 2.85. The zero-order valence-corrected chi connectivity index (χ0v) is 12.3. The molecule has 0 aliphatic carbocycles. The van der Waals surface area contributed by atoms with E-state index in [1.165, 1.54) is 0 Å². The Morgan fingerprint density at radius 1 is 1.28 bits per heavy atom. The summed E-state index contributed by atoms with van der Waals surface area (Å²) in [5.41, 5.74) is 5.53. The van der Waals surface area contributed by atoms with Gasteiger partial charge in [0.05, 0.1) is 5.75 Å². The van der Waals surface area contributed by atoms with Gasteiger partial charge in [0.25, 0.3) is 0 Å². The molecule has 0 heterocycles. The van der Waals surface area contributed by atoms with Gasteiger partial charge in [0, 0.05) is 19.2 Å². The largest absolute Gasteiger partial charge is 0.355 e. The number of sulfone groups is 1. The summed E-state index contributed by atoms with van der Waals surface area (Å²) in [5, 5.41) is 2.63. The van der Waals surface area contributed by atoms with E-state index in [0.717, 1.165) is 31.9 Å². The lowest BCUT2D eigenvalue weighted by Gasteiger charge is -2.14. The van der Waals surface area contributed by atoms with Crippen LogP contribution in [-0.4, -0.2) is 39.4 Å². The normalized spacial score (nSPS) is 13.3. The molecule has 0 aliphatic rings. The fourth-order valence-electron chi connectivity index (χ4n) is 1.88. The molecule has 5 nitrogen and oxygen atoms in total. The third-order valence-corrected chi connectivity index (χ3v) is 3.79. The minimum atomic E-state index is -3.00. The molecule has 18 heavy (non-hydrogen) atoms. The molecule has 0 fully saturated rings. The van der Waals surface area contributed by atoms with E-state index in [2.05, 4.69) is 12.2 Å². The highest BCUT2D eigenvalue weighted by atomic mass is 32.2. The monoisotopic (exact) mass is 278 g/mol. The quantitative estimate of drug-likeness (QED) is 0.615. The number of carbonyl (C=O) groups excluding carboxylic acids is 1. The number of carbonyl (C=O) groups is 1. The van der Waals surface area contributed by atoms with E-state index in [0.29, 0.717) is 18.9 Å². The second-order valence-electron chi connectivity index (χ2n) is 4.75. The first-order valence-corrected chi connectivity index (χ1v) is 8.59. The molecule has 1 amide bonds. The molecule has 0 bridgehead atoms. The summed E-state index contributed by atoms with van der Waals surface area (Å²) in [7, 11) is -3.00. The molecule has 1 atom stereocenters. The molecule has 0 aromatic heterocycles. The Hall–Kier alpha value is -0.620.